The Hall–Kier alpha value is -1.40. The summed E-state index contributed by atoms with van der Waals surface area (Å²) in [5.74, 6) is -0.0226. The summed E-state index contributed by atoms with van der Waals surface area (Å²) in [4.78, 5) is 11.5. The first-order chi connectivity index (χ1) is 10.3. The quantitative estimate of drug-likeness (QED) is 0.755. The molecule has 1 aromatic rings. The molecule has 1 amide bonds. The lowest BCUT2D eigenvalue weighted by molar-refractivity contribution is -0.121. The number of nitrogens with zero attached hydrogens (tertiary/aromatic N) is 1. The van der Waals surface area contributed by atoms with Crippen molar-refractivity contribution in [1.82, 2.24) is 9.62 Å². The molecule has 0 spiro atoms. The van der Waals surface area contributed by atoms with E-state index in [0.29, 0.717) is 19.5 Å². The van der Waals surface area contributed by atoms with Crippen molar-refractivity contribution < 1.29 is 13.2 Å². The highest BCUT2D eigenvalue weighted by Crippen LogP contribution is 2.09. The second-order valence-corrected chi connectivity index (χ2v) is 7.52. The molecule has 0 heterocycles. The first-order valence-corrected chi connectivity index (χ1v) is 9.45. The Morgan fingerprint density at radius 2 is 1.86 bits per heavy atom. The molecule has 1 rings (SSSR count). The number of unbranched alkanes of at least 4 members (excludes halogenated alkanes) is 1. The lowest BCUT2D eigenvalue weighted by Crippen LogP contribution is -2.37. The predicted molar refractivity (Wildman–Crippen MR) is 89.0 cm³/mol. The van der Waals surface area contributed by atoms with E-state index < -0.39 is 10.0 Å². The van der Waals surface area contributed by atoms with E-state index in [4.69, 9.17) is 0 Å². The Labute approximate surface area is 133 Å². The van der Waals surface area contributed by atoms with Gasteiger partial charge in [-0.3, -0.25) is 4.79 Å². The number of benzene rings is 1. The summed E-state index contributed by atoms with van der Waals surface area (Å²) >= 11 is 0. The van der Waals surface area contributed by atoms with Crippen LogP contribution in [0.3, 0.4) is 0 Å². The predicted octanol–water partition coefficient (Wildman–Crippen LogP) is 2.06. The van der Waals surface area contributed by atoms with Gasteiger partial charge in [-0.1, -0.05) is 43.2 Å². The molecule has 0 aromatic heterocycles. The second-order valence-electron chi connectivity index (χ2n) is 5.54. The monoisotopic (exact) mass is 326 g/mol. The number of carbonyl (C=O) groups excluding carboxylic acids is 1. The van der Waals surface area contributed by atoms with E-state index in [1.807, 2.05) is 38.1 Å². The minimum absolute atomic E-state index is 0.0226. The van der Waals surface area contributed by atoms with Crippen molar-refractivity contribution in [3.05, 3.63) is 35.4 Å². The van der Waals surface area contributed by atoms with Gasteiger partial charge in [0, 0.05) is 26.1 Å². The molecule has 0 saturated carbocycles. The van der Waals surface area contributed by atoms with Crippen molar-refractivity contribution in [3.63, 3.8) is 0 Å². The van der Waals surface area contributed by atoms with Crippen LogP contribution in [0.2, 0.25) is 0 Å². The minimum Gasteiger partial charge on any atom is -0.355 e. The van der Waals surface area contributed by atoms with Gasteiger partial charge in [-0.15, -0.1) is 0 Å². The highest BCUT2D eigenvalue weighted by Gasteiger charge is 2.16. The van der Waals surface area contributed by atoms with E-state index in [1.165, 1.54) is 10.6 Å². The number of aryl methyl sites for hydroxylation is 1. The van der Waals surface area contributed by atoms with Crippen LogP contribution in [-0.4, -0.2) is 38.0 Å². The van der Waals surface area contributed by atoms with Gasteiger partial charge in [0.05, 0.1) is 6.26 Å². The fraction of sp³-hybridized carbons (Fsp3) is 0.562. The molecular formula is C16H26N2O3S. The SMILES string of the molecule is CCCCC(=O)NCCN(Cc1ccc(C)cc1)S(C)(=O)=O. The maximum Gasteiger partial charge on any atom is 0.220 e. The molecule has 0 atom stereocenters. The lowest BCUT2D eigenvalue weighted by atomic mass is 10.1. The molecule has 1 N–H and O–H groups in total. The Bertz CT molecular complexity index is 568. The van der Waals surface area contributed by atoms with Gasteiger partial charge >= 0.3 is 0 Å². The number of carbonyl (C=O) groups is 1. The van der Waals surface area contributed by atoms with Crippen LogP contribution in [0.25, 0.3) is 0 Å². The maximum absolute atomic E-state index is 11.9. The number of rotatable bonds is 9. The molecule has 0 bridgehead atoms. The van der Waals surface area contributed by atoms with E-state index in [1.54, 1.807) is 0 Å². The summed E-state index contributed by atoms with van der Waals surface area (Å²) in [7, 11) is -3.31. The Balaban J connectivity index is 2.55. The van der Waals surface area contributed by atoms with Crippen molar-refractivity contribution in [2.45, 2.75) is 39.7 Å². The highest BCUT2D eigenvalue weighted by atomic mass is 32.2. The van der Waals surface area contributed by atoms with Crippen LogP contribution in [0.4, 0.5) is 0 Å². The number of nitrogens with one attached hydrogen (secondary N) is 1. The zero-order valence-corrected chi connectivity index (χ0v) is 14.4. The summed E-state index contributed by atoms with van der Waals surface area (Å²) in [6, 6.07) is 7.77. The molecule has 6 heteroatoms. The van der Waals surface area contributed by atoms with Gasteiger partial charge in [-0.25, -0.2) is 8.42 Å². The fourth-order valence-electron chi connectivity index (χ4n) is 2.01. The molecule has 0 radical (unpaired) electrons. The van der Waals surface area contributed by atoms with Gasteiger partial charge in [-0.2, -0.15) is 4.31 Å². The summed E-state index contributed by atoms with van der Waals surface area (Å²) in [6.07, 6.45) is 3.51. The topological polar surface area (TPSA) is 66.5 Å². The molecule has 22 heavy (non-hydrogen) atoms. The van der Waals surface area contributed by atoms with E-state index in [-0.39, 0.29) is 12.5 Å². The molecule has 1 aromatic carbocycles. The van der Waals surface area contributed by atoms with Crippen molar-refractivity contribution in [3.8, 4) is 0 Å². The van der Waals surface area contributed by atoms with Crippen LogP contribution in [0.5, 0.6) is 0 Å². The normalized spacial score (nSPS) is 11.6. The molecule has 0 saturated heterocycles. The minimum atomic E-state index is -3.31. The summed E-state index contributed by atoms with van der Waals surface area (Å²) in [5.41, 5.74) is 2.08. The average molecular weight is 326 g/mol. The van der Waals surface area contributed by atoms with Gasteiger partial charge in [-0.05, 0) is 18.9 Å². The van der Waals surface area contributed by atoms with Crippen LogP contribution in [-0.2, 0) is 21.4 Å². The second kappa shape index (κ2) is 8.90. The third kappa shape index (κ3) is 7.04. The van der Waals surface area contributed by atoms with Gasteiger partial charge in [0.15, 0.2) is 0 Å². The lowest BCUT2D eigenvalue weighted by Gasteiger charge is -2.20. The van der Waals surface area contributed by atoms with Crippen LogP contribution < -0.4 is 5.32 Å². The van der Waals surface area contributed by atoms with E-state index in [9.17, 15) is 13.2 Å². The number of hydrogen-bond donors (Lipinski definition) is 1. The number of amides is 1. The summed E-state index contributed by atoms with van der Waals surface area (Å²) in [5, 5.41) is 2.77. The van der Waals surface area contributed by atoms with Gasteiger partial charge in [0.2, 0.25) is 15.9 Å². The van der Waals surface area contributed by atoms with Crippen molar-refractivity contribution in [1.29, 1.82) is 0 Å². The van der Waals surface area contributed by atoms with Gasteiger partial charge < -0.3 is 5.32 Å². The molecule has 124 valence electrons. The molecule has 5 nitrogen and oxygen atoms in total. The van der Waals surface area contributed by atoms with Crippen LogP contribution in [0, 0.1) is 6.92 Å². The molecular weight excluding hydrogens is 300 g/mol. The Morgan fingerprint density at radius 1 is 1.23 bits per heavy atom. The Kier molecular flexibility index (Phi) is 7.55. The molecule has 0 unspecified atom stereocenters. The van der Waals surface area contributed by atoms with Crippen molar-refractivity contribution in [2.75, 3.05) is 19.3 Å². The maximum atomic E-state index is 11.9. The molecule has 0 aliphatic heterocycles. The largest absolute Gasteiger partial charge is 0.355 e. The van der Waals surface area contributed by atoms with E-state index in [2.05, 4.69) is 5.32 Å². The van der Waals surface area contributed by atoms with E-state index >= 15 is 0 Å². The molecule has 0 aliphatic carbocycles. The third-order valence-corrected chi connectivity index (χ3v) is 4.64. The number of sulfonamides is 1. The average Bonchev–Trinajstić information content (AvgIpc) is 2.45. The van der Waals surface area contributed by atoms with Gasteiger partial charge in [0.25, 0.3) is 0 Å². The smallest absolute Gasteiger partial charge is 0.220 e. The van der Waals surface area contributed by atoms with Crippen molar-refractivity contribution >= 4 is 15.9 Å². The first kappa shape index (κ1) is 18.6. The van der Waals surface area contributed by atoms with E-state index in [0.717, 1.165) is 24.0 Å². The van der Waals surface area contributed by atoms with Crippen LogP contribution >= 0.6 is 0 Å². The molecule has 0 aliphatic rings. The molecule has 0 fully saturated rings. The number of hydrogen-bond acceptors (Lipinski definition) is 3. The fourth-order valence-corrected chi connectivity index (χ4v) is 2.81. The summed E-state index contributed by atoms with van der Waals surface area (Å²) in [6.45, 7) is 4.96. The third-order valence-electron chi connectivity index (χ3n) is 3.39. The zero-order valence-electron chi connectivity index (χ0n) is 13.6. The highest BCUT2D eigenvalue weighted by molar-refractivity contribution is 7.88. The van der Waals surface area contributed by atoms with Crippen LogP contribution in [0.1, 0.15) is 37.3 Å². The zero-order chi connectivity index (χ0) is 16.6. The Morgan fingerprint density at radius 3 is 2.41 bits per heavy atom. The van der Waals surface area contributed by atoms with Gasteiger partial charge in [0.1, 0.15) is 0 Å². The standard InChI is InChI=1S/C16H26N2O3S/c1-4-5-6-16(19)17-11-12-18(22(3,20)21)13-15-9-7-14(2)8-10-15/h7-10H,4-6,11-13H2,1-3H3,(H,17,19). The van der Waals surface area contributed by atoms with Crippen LogP contribution in [0.15, 0.2) is 24.3 Å². The first-order valence-electron chi connectivity index (χ1n) is 7.60. The van der Waals surface area contributed by atoms with Crippen molar-refractivity contribution in [2.24, 2.45) is 0 Å². The summed E-state index contributed by atoms with van der Waals surface area (Å²) < 4.78 is 25.1.